The predicted octanol–water partition coefficient (Wildman–Crippen LogP) is 3.59. The van der Waals surface area contributed by atoms with Crippen LogP contribution in [0.25, 0.3) is 0 Å². The van der Waals surface area contributed by atoms with Crippen LogP contribution in [0.5, 0.6) is 5.75 Å². The van der Waals surface area contributed by atoms with Crippen LogP contribution in [-0.2, 0) is 63.8 Å². The highest BCUT2D eigenvalue weighted by Crippen LogP contribution is 2.28. The van der Waals surface area contributed by atoms with Gasteiger partial charge in [0.25, 0.3) is 5.91 Å². The number of aliphatic hydroxyl groups excluding tert-OH is 1. The molecule has 0 aromatic heterocycles. The second-order valence-electron chi connectivity index (χ2n) is 23.4. The van der Waals surface area contributed by atoms with Gasteiger partial charge >= 0.3 is 11.9 Å². The summed E-state index contributed by atoms with van der Waals surface area (Å²) >= 11 is 0. The highest BCUT2D eigenvalue weighted by molar-refractivity contribution is 6.05. The van der Waals surface area contributed by atoms with Crippen LogP contribution in [-0.4, -0.2) is 179 Å². The van der Waals surface area contributed by atoms with E-state index in [9.17, 15) is 48.3 Å². The number of esters is 2. The maximum Gasteiger partial charge on any atom is 0.329 e. The summed E-state index contributed by atoms with van der Waals surface area (Å²) in [5.74, 6) is -9.69. The molecule has 3 fully saturated rings. The quantitative estimate of drug-likeness (QED) is 0.145. The van der Waals surface area contributed by atoms with Crippen LogP contribution < -0.4 is 20.7 Å². The van der Waals surface area contributed by atoms with E-state index in [4.69, 9.17) is 14.2 Å². The van der Waals surface area contributed by atoms with Crippen molar-refractivity contribution in [3.05, 3.63) is 29.8 Å². The van der Waals surface area contributed by atoms with Gasteiger partial charge in [0.05, 0.1) is 19.4 Å². The third kappa shape index (κ3) is 17.0. The highest BCUT2D eigenvalue weighted by atomic mass is 16.6. The van der Waals surface area contributed by atoms with Gasteiger partial charge in [-0.25, -0.2) is 4.79 Å². The van der Waals surface area contributed by atoms with E-state index in [1.54, 1.807) is 45.0 Å². The van der Waals surface area contributed by atoms with Crippen molar-refractivity contribution in [1.82, 2.24) is 35.6 Å². The van der Waals surface area contributed by atoms with Crippen LogP contribution in [0.1, 0.15) is 140 Å². The van der Waals surface area contributed by atoms with E-state index >= 15 is 4.79 Å². The van der Waals surface area contributed by atoms with Gasteiger partial charge in [-0.1, -0.05) is 80.9 Å². The van der Waals surface area contributed by atoms with Gasteiger partial charge < -0.3 is 54.9 Å². The fourth-order valence-electron chi connectivity index (χ4n) is 10.8. The van der Waals surface area contributed by atoms with E-state index < -0.39 is 137 Å². The first-order valence-electron chi connectivity index (χ1n) is 28.3. The number of amides is 7. The number of fused-ring (bicyclic) bond motifs is 1. The Bertz CT molecular complexity index is 2330. The van der Waals surface area contributed by atoms with Gasteiger partial charge in [0.15, 0.2) is 11.9 Å². The number of nitrogens with one attached hydrogen (secondary N) is 3. The molecule has 4 N–H and O–H groups in total. The third-order valence-electron chi connectivity index (χ3n) is 15.8. The van der Waals surface area contributed by atoms with Gasteiger partial charge in [0, 0.05) is 39.6 Å². The molecule has 442 valence electrons. The summed E-state index contributed by atoms with van der Waals surface area (Å²) in [5.41, 5.74) is 0.599. The minimum Gasteiger partial charge on any atom is -0.497 e. The highest BCUT2D eigenvalue weighted by Gasteiger charge is 2.46. The lowest BCUT2D eigenvalue weighted by Gasteiger charge is -2.36. The average Bonchev–Trinajstić information content (AvgIpc) is 4.13. The van der Waals surface area contributed by atoms with E-state index in [1.807, 2.05) is 41.5 Å². The standard InChI is InChI=1S/C58H91N7O14/c1-16-34(8)47-35(9)29-46(67)79-50(33(6)7)49(68)36(10)51(69)59-41(27-31(2)3)55(73)65-26-18-20-43(65)57(75)63(14)45(30-39-21-23-40(77-15)24-22-39)58(76)78-38(12)48(53(71)60-47)61-52(70)44(28-32(4)5)62(13)56(74)42-19-17-25-64(42)54(72)37(11)66/h21-24,31-38,41-45,47-48,50,66H,16-20,25-30H2,1-15H3,(H,59,69)(H,60,71)(H,61,70). The smallest absolute Gasteiger partial charge is 0.329 e. The Morgan fingerprint density at radius 1 is 0.848 bits per heavy atom. The second-order valence-corrected chi connectivity index (χ2v) is 23.4. The van der Waals surface area contributed by atoms with E-state index in [1.165, 1.54) is 61.6 Å². The number of rotatable bonds is 15. The monoisotopic (exact) mass is 1110 g/mol. The summed E-state index contributed by atoms with van der Waals surface area (Å²) in [7, 11) is 4.37. The molecular formula is C58H91N7O14. The van der Waals surface area contributed by atoms with Gasteiger partial charge in [-0.05, 0) is 107 Å². The number of ether oxygens (including phenoxy) is 3. The first-order valence-corrected chi connectivity index (χ1v) is 28.3. The predicted molar refractivity (Wildman–Crippen MR) is 293 cm³/mol. The fraction of sp³-hybridized carbons (Fsp3) is 0.724. The molecule has 0 aliphatic carbocycles. The van der Waals surface area contributed by atoms with E-state index in [0.29, 0.717) is 37.0 Å². The molecule has 21 heteroatoms. The molecule has 0 radical (unpaired) electrons. The van der Waals surface area contributed by atoms with Crippen LogP contribution in [0.4, 0.5) is 0 Å². The number of methoxy groups -OCH3 is 1. The minimum atomic E-state index is -1.65. The summed E-state index contributed by atoms with van der Waals surface area (Å²) in [4.78, 5) is 149. The second kappa shape index (κ2) is 29.4. The van der Waals surface area contributed by atoms with Crippen molar-refractivity contribution >= 4 is 59.1 Å². The Morgan fingerprint density at radius 3 is 2.05 bits per heavy atom. The molecule has 79 heavy (non-hydrogen) atoms. The topological polar surface area (TPSA) is 268 Å². The molecule has 3 aliphatic heterocycles. The number of ketones is 1. The summed E-state index contributed by atoms with van der Waals surface area (Å²) < 4.78 is 17.5. The molecule has 3 saturated heterocycles. The van der Waals surface area contributed by atoms with Gasteiger partial charge in [-0.2, -0.15) is 0 Å². The number of carbonyl (C=O) groups excluding carboxylic acids is 10. The molecular weight excluding hydrogens is 1020 g/mol. The number of aliphatic hydroxyl groups is 1. The van der Waals surface area contributed by atoms with E-state index in [0.717, 1.165) is 0 Å². The first kappa shape index (κ1) is 65.4. The number of hydrogen-bond donors (Lipinski definition) is 4. The van der Waals surface area contributed by atoms with Crippen molar-refractivity contribution < 1.29 is 67.3 Å². The minimum absolute atomic E-state index is 0.0974. The largest absolute Gasteiger partial charge is 0.497 e. The van der Waals surface area contributed by atoms with Crippen LogP contribution in [0.3, 0.4) is 0 Å². The van der Waals surface area contributed by atoms with Crippen molar-refractivity contribution in [2.75, 3.05) is 34.3 Å². The normalized spacial score (nSPS) is 27.7. The van der Waals surface area contributed by atoms with E-state index in [2.05, 4.69) is 16.0 Å². The molecule has 1 aromatic rings. The number of likely N-dealkylation sites (N-methyl/N-ethyl adjacent to an activating group) is 2. The molecule has 13 atom stereocenters. The van der Waals surface area contributed by atoms with Crippen molar-refractivity contribution in [2.24, 2.45) is 35.5 Å². The van der Waals surface area contributed by atoms with Crippen molar-refractivity contribution in [3.63, 3.8) is 0 Å². The zero-order valence-electron chi connectivity index (χ0n) is 49.4. The van der Waals surface area contributed by atoms with Gasteiger partial charge in [-0.3, -0.25) is 43.2 Å². The Labute approximate surface area is 467 Å². The van der Waals surface area contributed by atoms with E-state index in [-0.39, 0.29) is 62.9 Å². The Kier molecular flexibility index (Phi) is 24.3. The van der Waals surface area contributed by atoms with Gasteiger partial charge in [0.1, 0.15) is 54.2 Å². The fourth-order valence-corrected chi connectivity index (χ4v) is 10.8. The molecule has 3 aliphatic rings. The Balaban J connectivity index is 1.89. The lowest BCUT2D eigenvalue weighted by Crippen LogP contribution is -2.61. The van der Waals surface area contributed by atoms with Crippen molar-refractivity contribution in [2.45, 2.75) is 201 Å². The number of likely N-dealkylation sites (tertiary alicyclic amines) is 1. The first-order chi connectivity index (χ1) is 37.0. The third-order valence-corrected chi connectivity index (χ3v) is 15.8. The summed E-state index contributed by atoms with van der Waals surface area (Å²) in [6.45, 7) is 20.8. The molecule has 4 rings (SSSR count). The average molecular weight is 1110 g/mol. The molecule has 0 spiro atoms. The lowest BCUT2D eigenvalue weighted by atomic mass is 9.86. The van der Waals surface area contributed by atoms with Crippen molar-refractivity contribution in [1.29, 1.82) is 0 Å². The number of hydrogen-bond acceptors (Lipinski definition) is 14. The number of cyclic esters (lactones) is 2. The van der Waals surface area contributed by atoms with Gasteiger partial charge in [0.2, 0.25) is 35.4 Å². The number of benzene rings is 1. The zero-order valence-corrected chi connectivity index (χ0v) is 49.4. The summed E-state index contributed by atoms with van der Waals surface area (Å²) in [6.07, 6.45) is -2.34. The molecule has 0 bridgehead atoms. The summed E-state index contributed by atoms with van der Waals surface area (Å²) in [5, 5.41) is 18.8. The molecule has 13 unspecified atom stereocenters. The molecule has 21 nitrogen and oxygen atoms in total. The van der Waals surface area contributed by atoms with Crippen molar-refractivity contribution in [3.8, 4) is 5.75 Å². The maximum absolute atomic E-state index is 15.1. The number of nitrogens with zero attached hydrogens (tertiary/aromatic N) is 4. The van der Waals surface area contributed by atoms with Gasteiger partial charge in [-0.15, -0.1) is 0 Å². The molecule has 7 amide bonds. The zero-order chi connectivity index (χ0) is 59.3. The SMILES string of the molecule is CCC(C)C1NC(=O)C(NC(=O)C(CC(C)C)N(C)C(=O)C2CCCN2C(=O)C(C)O)C(C)OC(=O)C(Cc2ccc(OC)cc2)N(C)C(=O)C2CCCN2C(=O)C(CC(C)C)NC(=O)C(C)C(=O)C(C(C)C)OC(=O)CC1C. The lowest BCUT2D eigenvalue weighted by molar-refractivity contribution is -0.162. The Hall–Kier alpha value is -6.12. The molecule has 0 saturated carbocycles. The summed E-state index contributed by atoms with van der Waals surface area (Å²) in [6, 6.07) is -1.37. The molecule has 1 aromatic carbocycles. The maximum atomic E-state index is 15.1. The Morgan fingerprint density at radius 2 is 1.48 bits per heavy atom. The van der Waals surface area contributed by atoms with Crippen LogP contribution in [0, 0.1) is 35.5 Å². The van der Waals surface area contributed by atoms with Crippen LogP contribution in [0.15, 0.2) is 24.3 Å². The molecule has 3 heterocycles. The number of carbonyl (C=O) groups is 10. The number of Topliss-reactive ketones (excluding diaryl/α,β-unsaturated/α-hetero) is 1. The van der Waals surface area contributed by atoms with Crippen LogP contribution in [0.2, 0.25) is 0 Å². The van der Waals surface area contributed by atoms with Crippen LogP contribution >= 0.6 is 0 Å².